The van der Waals surface area contributed by atoms with E-state index in [4.69, 9.17) is 11.6 Å². The van der Waals surface area contributed by atoms with Crippen LogP contribution in [0, 0.1) is 30.3 Å². The molecule has 0 aliphatic carbocycles. The summed E-state index contributed by atoms with van der Waals surface area (Å²) in [5.74, 6) is -3.11. The number of phenolic OH excluding ortho intramolecular Hbond substituents is 2. The molecule has 1 rings (SSSR count). The van der Waals surface area contributed by atoms with Crippen molar-refractivity contribution in [2.45, 2.75) is 0 Å². The Morgan fingerprint density at radius 3 is 1.20 bits per heavy atom. The fraction of sp³-hybridized carbons (Fsp3) is 0. The van der Waals surface area contributed by atoms with Crippen molar-refractivity contribution in [3.63, 3.8) is 0 Å². The molecule has 0 amide bonds. The first-order chi connectivity index (χ1) is 8.20. The summed E-state index contributed by atoms with van der Waals surface area (Å²) in [4.78, 5) is 27.5. The first-order valence-electron chi connectivity index (χ1n) is 3.90. The van der Waals surface area contributed by atoms with Gasteiger partial charge in [-0.3, -0.25) is 30.3 Å². The van der Waals surface area contributed by atoms with E-state index in [1.165, 1.54) is 0 Å². The van der Waals surface area contributed by atoms with Crippen molar-refractivity contribution in [2.75, 3.05) is 0 Å². The molecule has 11 nitrogen and oxygen atoms in total. The van der Waals surface area contributed by atoms with E-state index in [-0.39, 0.29) is 59.1 Å². The number of hydrogen-bond acceptors (Lipinski definition) is 8. The predicted octanol–water partition coefficient (Wildman–Crippen LogP) is 0.179. The Hall–Kier alpha value is -0.690. The molecule has 0 aromatic heterocycles. The number of rotatable bonds is 3. The van der Waals surface area contributed by atoms with Crippen LogP contribution >= 0.6 is 11.6 Å². The molecule has 20 heavy (non-hydrogen) atoms. The van der Waals surface area contributed by atoms with Crippen molar-refractivity contribution in [1.29, 1.82) is 0 Å². The summed E-state index contributed by atoms with van der Waals surface area (Å²) in [6.45, 7) is 0. The molecule has 0 bridgehead atoms. The van der Waals surface area contributed by atoms with Crippen LogP contribution < -0.4 is 0 Å². The third kappa shape index (κ3) is 3.69. The average Bonchev–Trinajstić information content (AvgIpc) is 2.14. The van der Waals surface area contributed by atoms with Gasteiger partial charge in [0.15, 0.2) is 0 Å². The van der Waals surface area contributed by atoms with Gasteiger partial charge in [-0.15, -0.1) is 0 Å². The molecular formula is C6H4ClN3Na2O8. The molecule has 14 heteroatoms. The van der Waals surface area contributed by atoms with Gasteiger partial charge < -0.3 is 10.2 Å². The number of phenols is 2. The SMILES string of the molecule is O=[N+]([O-])c1c(O)c([N+](=O)[O-])c(Cl)c([N+](=O)[O-])c1O.[NaH].[NaH]. The normalized spacial score (nSPS) is 9.05. The van der Waals surface area contributed by atoms with Crippen molar-refractivity contribution in [3.8, 4) is 11.5 Å². The maximum atomic E-state index is 10.5. The number of hydrogen-bond donors (Lipinski definition) is 2. The molecule has 0 aliphatic heterocycles. The summed E-state index contributed by atoms with van der Waals surface area (Å²) in [6.07, 6.45) is 0. The molecule has 0 unspecified atom stereocenters. The Morgan fingerprint density at radius 1 is 0.750 bits per heavy atom. The second-order valence-corrected chi connectivity index (χ2v) is 3.21. The zero-order chi connectivity index (χ0) is 14.2. The van der Waals surface area contributed by atoms with Gasteiger partial charge in [0.25, 0.3) is 11.5 Å². The van der Waals surface area contributed by atoms with Crippen LogP contribution in [0.1, 0.15) is 0 Å². The predicted molar refractivity (Wildman–Crippen MR) is 69.0 cm³/mol. The van der Waals surface area contributed by atoms with E-state index >= 15 is 0 Å². The summed E-state index contributed by atoms with van der Waals surface area (Å²) in [6, 6.07) is 0. The zero-order valence-corrected chi connectivity index (χ0v) is 8.82. The molecule has 0 saturated heterocycles. The van der Waals surface area contributed by atoms with Crippen molar-refractivity contribution in [1.82, 2.24) is 0 Å². The summed E-state index contributed by atoms with van der Waals surface area (Å²) in [5, 5.41) is 48.9. The van der Waals surface area contributed by atoms with Crippen LogP contribution in [-0.4, -0.2) is 84.1 Å². The van der Waals surface area contributed by atoms with Gasteiger partial charge in [0.05, 0.1) is 14.8 Å². The number of halogens is 1. The standard InChI is InChI=1S/C6H2ClN3O8.2Na.2H/c7-1-2(8(13)14)5(11)4(10(17)18)6(12)3(1)9(15)16;;;;/h11-12H;;;;. The Morgan fingerprint density at radius 2 is 1.00 bits per heavy atom. The molecule has 0 fully saturated rings. The zero-order valence-electron chi connectivity index (χ0n) is 8.06. The van der Waals surface area contributed by atoms with Crippen LogP contribution in [0.25, 0.3) is 0 Å². The molecule has 1 aromatic rings. The number of aromatic hydroxyl groups is 2. The van der Waals surface area contributed by atoms with Crippen LogP contribution in [0.5, 0.6) is 11.5 Å². The van der Waals surface area contributed by atoms with E-state index in [1.807, 2.05) is 0 Å². The molecule has 0 atom stereocenters. The number of benzene rings is 1. The number of nitrogens with zero attached hydrogens (tertiary/aromatic N) is 3. The van der Waals surface area contributed by atoms with Gasteiger partial charge in [0, 0.05) is 0 Å². The van der Waals surface area contributed by atoms with Crippen LogP contribution in [0.3, 0.4) is 0 Å². The quantitative estimate of drug-likeness (QED) is 0.449. The van der Waals surface area contributed by atoms with Gasteiger partial charge in [-0.1, -0.05) is 11.6 Å². The van der Waals surface area contributed by atoms with E-state index in [9.17, 15) is 40.6 Å². The van der Waals surface area contributed by atoms with Crippen molar-refractivity contribution < 1.29 is 25.0 Å². The monoisotopic (exact) mass is 327 g/mol. The molecule has 0 radical (unpaired) electrons. The first-order valence-corrected chi connectivity index (χ1v) is 4.28. The minimum absolute atomic E-state index is 0. The van der Waals surface area contributed by atoms with E-state index in [0.29, 0.717) is 0 Å². The number of nitro benzene ring substituents is 3. The third-order valence-corrected chi connectivity index (χ3v) is 2.22. The molecular weight excluding hydrogens is 324 g/mol. The van der Waals surface area contributed by atoms with Crippen molar-refractivity contribution in [3.05, 3.63) is 35.4 Å². The summed E-state index contributed by atoms with van der Waals surface area (Å²) in [7, 11) is 0. The van der Waals surface area contributed by atoms with Gasteiger partial charge in [-0.2, -0.15) is 0 Å². The fourth-order valence-electron chi connectivity index (χ4n) is 1.16. The van der Waals surface area contributed by atoms with Crippen LogP contribution in [0.15, 0.2) is 0 Å². The second kappa shape index (κ2) is 7.93. The van der Waals surface area contributed by atoms with Crippen LogP contribution in [0.2, 0.25) is 5.02 Å². The van der Waals surface area contributed by atoms with Gasteiger partial charge in [-0.05, 0) is 0 Å². The topological polar surface area (TPSA) is 170 Å². The fourth-order valence-corrected chi connectivity index (χ4v) is 1.48. The molecule has 2 N–H and O–H groups in total. The Balaban J connectivity index is 0. The first kappa shape index (κ1) is 21.6. The summed E-state index contributed by atoms with van der Waals surface area (Å²) >= 11 is 5.26. The molecule has 0 heterocycles. The van der Waals surface area contributed by atoms with Crippen LogP contribution in [-0.2, 0) is 0 Å². The van der Waals surface area contributed by atoms with Crippen molar-refractivity contribution >= 4 is 87.8 Å². The molecule has 0 spiro atoms. The van der Waals surface area contributed by atoms with Gasteiger partial charge in [0.1, 0.15) is 0 Å². The van der Waals surface area contributed by atoms with Crippen molar-refractivity contribution in [2.24, 2.45) is 0 Å². The van der Waals surface area contributed by atoms with E-state index < -0.39 is 48.4 Å². The van der Waals surface area contributed by atoms with Gasteiger partial charge in [-0.25, -0.2) is 0 Å². The Kier molecular flexibility index (Phi) is 8.56. The van der Waals surface area contributed by atoms with E-state index in [1.54, 1.807) is 0 Å². The Labute approximate surface area is 158 Å². The van der Waals surface area contributed by atoms with Crippen LogP contribution in [0.4, 0.5) is 17.1 Å². The molecule has 100 valence electrons. The number of nitro groups is 3. The van der Waals surface area contributed by atoms with Gasteiger partial charge in [0.2, 0.25) is 5.02 Å². The summed E-state index contributed by atoms with van der Waals surface area (Å²) < 4.78 is 0. The third-order valence-electron chi connectivity index (χ3n) is 1.86. The molecule has 0 saturated carbocycles. The van der Waals surface area contributed by atoms with E-state index in [0.717, 1.165) is 0 Å². The van der Waals surface area contributed by atoms with E-state index in [2.05, 4.69) is 0 Å². The van der Waals surface area contributed by atoms with Gasteiger partial charge >= 0.3 is 76.2 Å². The average molecular weight is 328 g/mol. The minimum atomic E-state index is -1.56. The molecule has 1 aromatic carbocycles. The maximum absolute atomic E-state index is 10.5. The molecule has 0 aliphatic rings. The Bertz CT molecular complexity index is 492. The second-order valence-electron chi connectivity index (χ2n) is 2.83. The summed E-state index contributed by atoms with van der Waals surface area (Å²) in [5.41, 5.74) is -4.40.